The van der Waals surface area contributed by atoms with E-state index >= 15 is 0 Å². The third-order valence-corrected chi connectivity index (χ3v) is 12.2. The first-order valence-corrected chi connectivity index (χ1v) is 18.6. The number of benzene rings is 2. The molecule has 0 spiro atoms. The van der Waals surface area contributed by atoms with Gasteiger partial charge in [0.05, 0.1) is 35.4 Å². The fourth-order valence-corrected chi connectivity index (χ4v) is 8.59. The molecule has 2 aromatic carbocycles. The van der Waals surface area contributed by atoms with Gasteiger partial charge in [-0.05, 0) is 63.5 Å². The van der Waals surface area contributed by atoms with Gasteiger partial charge >= 0.3 is 0 Å². The van der Waals surface area contributed by atoms with E-state index < -0.39 is 50.6 Å². The van der Waals surface area contributed by atoms with Gasteiger partial charge in [-0.15, -0.1) is 0 Å². The Kier molecular flexibility index (Phi) is 8.85. The largest absolute Gasteiger partial charge is 0.497 e. The molecular weight excluding hydrogens is 644 g/mol. The van der Waals surface area contributed by atoms with Crippen molar-refractivity contribution in [2.24, 2.45) is 17.8 Å². The summed E-state index contributed by atoms with van der Waals surface area (Å²) in [5.41, 5.74) is 0.919. The molecular formula is C37H42N4O7S. The molecule has 0 radical (unpaired) electrons. The molecule has 258 valence electrons. The van der Waals surface area contributed by atoms with Crippen LogP contribution in [-0.2, 0) is 24.4 Å². The summed E-state index contributed by atoms with van der Waals surface area (Å²) in [4.78, 5) is 48.3. The Balaban J connectivity index is 1.19. The average molecular weight is 687 g/mol. The van der Waals surface area contributed by atoms with Gasteiger partial charge in [0.15, 0.2) is 0 Å². The van der Waals surface area contributed by atoms with E-state index in [1.165, 1.54) is 0 Å². The van der Waals surface area contributed by atoms with Crippen molar-refractivity contribution in [1.29, 1.82) is 0 Å². The number of hydrogen-bond acceptors (Lipinski definition) is 8. The molecule has 1 aromatic heterocycles. The molecule has 5 atom stereocenters. The number of amides is 3. The number of ether oxygens (including phenoxy) is 2. The molecule has 3 fully saturated rings. The van der Waals surface area contributed by atoms with Crippen molar-refractivity contribution in [2.75, 3.05) is 20.7 Å². The highest BCUT2D eigenvalue weighted by Crippen LogP contribution is 2.47. The molecule has 3 aromatic rings. The molecule has 1 aliphatic heterocycles. The molecule has 4 aliphatic rings. The molecule has 12 heteroatoms. The monoisotopic (exact) mass is 686 g/mol. The number of nitrogens with one attached hydrogen (secondary N) is 2. The second kappa shape index (κ2) is 13.1. The van der Waals surface area contributed by atoms with Crippen molar-refractivity contribution in [3.05, 3.63) is 66.7 Å². The van der Waals surface area contributed by atoms with Crippen LogP contribution >= 0.6 is 0 Å². The minimum Gasteiger partial charge on any atom is -0.497 e. The Labute approximate surface area is 286 Å². The number of aromatic nitrogens is 1. The smallest absolute Gasteiger partial charge is 0.259 e. The van der Waals surface area contributed by atoms with Crippen LogP contribution in [0.15, 0.2) is 66.7 Å². The van der Waals surface area contributed by atoms with E-state index in [2.05, 4.69) is 10.0 Å². The zero-order chi connectivity index (χ0) is 34.3. The van der Waals surface area contributed by atoms with Gasteiger partial charge in [0.25, 0.3) is 5.91 Å². The second-order valence-corrected chi connectivity index (χ2v) is 15.8. The van der Waals surface area contributed by atoms with Gasteiger partial charge in [-0.25, -0.2) is 13.4 Å². The Morgan fingerprint density at radius 2 is 1.82 bits per heavy atom. The lowest BCUT2D eigenvalue weighted by atomic mass is 9.93. The number of pyridine rings is 1. The summed E-state index contributed by atoms with van der Waals surface area (Å²) in [6.07, 6.45) is 7.68. The van der Waals surface area contributed by atoms with Crippen molar-refractivity contribution < 1.29 is 32.3 Å². The number of allylic oxidation sites excluding steroid dienone is 1. The standard InChI is InChI=1S/C37H42N4O7S/c1-41-17-9-4-3-8-12-24-22-37(24,36(44)40-49(45,46)27-14-15-27)39-34(42)29-18-26(19-30(29)35(41)43)48-33-21-31(23-10-6-5-7-11-23)38-32-20-25(47-2)13-16-28(32)33/h5-8,10-13,16,20-21,24,26-27,29-30H,3-4,9,14-15,17-19,22H2,1-2H3,(H,39,42)(H,40,44)/b12-8-/t24-,26+,29+,30+,37-/m0/s1. The Hall–Kier alpha value is -4.45. The van der Waals surface area contributed by atoms with Crippen molar-refractivity contribution in [2.45, 2.75) is 68.3 Å². The maximum absolute atomic E-state index is 14.2. The van der Waals surface area contributed by atoms with Crippen molar-refractivity contribution in [3.8, 4) is 22.8 Å². The van der Waals surface area contributed by atoms with Gasteiger partial charge in [-0.2, -0.15) is 0 Å². The van der Waals surface area contributed by atoms with Gasteiger partial charge < -0.3 is 19.7 Å². The number of rotatable bonds is 7. The topological polar surface area (TPSA) is 144 Å². The Morgan fingerprint density at radius 3 is 2.57 bits per heavy atom. The van der Waals surface area contributed by atoms with E-state index in [1.54, 1.807) is 19.1 Å². The van der Waals surface area contributed by atoms with E-state index in [1.807, 2.05) is 66.7 Å². The summed E-state index contributed by atoms with van der Waals surface area (Å²) < 4.78 is 39.9. The normalized spacial score (nSPS) is 28.1. The van der Waals surface area contributed by atoms with Crippen LogP contribution in [0.4, 0.5) is 0 Å². The van der Waals surface area contributed by atoms with Crippen LogP contribution in [-0.4, -0.2) is 73.6 Å². The van der Waals surface area contributed by atoms with Crippen LogP contribution in [0.5, 0.6) is 11.5 Å². The summed E-state index contributed by atoms with van der Waals surface area (Å²) in [5.74, 6) is -1.86. The van der Waals surface area contributed by atoms with Gasteiger partial charge in [0, 0.05) is 42.6 Å². The van der Waals surface area contributed by atoms with Gasteiger partial charge in [0.1, 0.15) is 23.1 Å². The first-order valence-electron chi connectivity index (χ1n) is 17.1. The molecule has 0 unspecified atom stereocenters. The van der Waals surface area contributed by atoms with Crippen LogP contribution in [0.25, 0.3) is 22.2 Å². The van der Waals surface area contributed by atoms with Crippen LogP contribution in [0.3, 0.4) is 0 Å². The summed E-state index contributed by atoms with van der Waals surface area (Å²) >= 11 is 0. The third-order valence-electron chi connectivity index (χ3n) is 10.3. The predicted octanol–water partition coefficient (Wildman–Crippen LogP) is 4.37. The third kappa shape index (κ3) is 6.75. The molecule has 0 bridgehead atoms. The second-order valence-electron chi connectivity index (χ2n) is 13.8. The number of methoxy groups -OCH3 is 1. The number of carbonyl (C=O) groups is 3. The summed E-state index contributed by atoms with van der Waals surface area (Å²) in [7, 11) is -0.457. The minimum atomic E-state index is -3.82. The van der Waals surface area contributed by atoms with E-state index in [-0.39, 0.29) is 18.2 Å². The molecule has 49 heavy (non-hydrogen) atoms. The summed E-state index contributed by atoms with van der Waals surface area (Å²) in [6.45, 7) is 0.565. The van der Waals surface area contributed by atoms with Crippen molar-refractivity contribution in [3.63, 3.8) is 0 Å². The number of nitrogens with zero attached hydrogens (tertiary/aromatic N) is 2. The van der Waals surface area contributed by atoms with Crippen LogP contribution in [0.1, 0.15) is 51.4 Å². The van der Waals surface area contributed by atoms with Crippen molar-refractivity contribution >= 4 is 38.6 Å². The molecule has 3 amide bonds. The molecule has 7 rings (SSSR count). The predicted molar refractivity (Wildman–Crippen MR) is 184 cm³/mol. The first-order chi connectivity index (χ1) is 23.6. The van der Waals surface area contributed by atoms with Crippen molar-refractivity contribution in [1.82, 2.24) is 19.9 Å². The van der Waals surface area contributed by atoms with E-state index in [4.69, 9.17) is 14.5 Å². The molecule has 0 saturated heterocycles. The van der Waals surface area contributed by atoms with Crippen LogP contribution in [0, 0.1) is 17.8 Å². The lowest BCUT2D eigenvalue weighted by Crippen LogP contribution is -2.54. The SMILES string of the molecule is COc1ccc2c(O[C@@H]3C[C@H]4C(=O)N[C@@]5(C(=O)NS(=O)(=O)C6CC6)C[C@@H]5/C=C\CCCCN(C)C(=O)[C@@H]4C3)cc(-c3ccccc3)nc2c1. The Morgan fingerprint density at radius 1 is 1.04 bits per heavy atom. The Bertz CT molecular complexity index is 1910. The molecule has 2 heterocycles. The lowest BCUT2D eigenvalue weighted by Gasteiger charge is -2.26. The quantitative estimate of drug-likeness (QED) is 0.349. The highest BCUT2D eigenvalue weighted by atomic mass is 32.2. The van der Waals surface area contributed by atoms with E-state index in [0.29, 0.717) is 54.9 Å². The highest BCUT2D eigenvalue weighted by molar-refractivity contribution is 7.91. The van der Waals surface area contributed by atoms with Gasteiger partial charge in [0.2, 0.25) is 21.8 Å². The zero-order valence-electron chi connectivity index (χ0n) is 27.8. The van der Waals surface area contributed by atoms with E-state index in [0.717, 1.165) is 30.2 Å². The number of carbonyl (C=O) groups excluding carboxylic acids is 3. The molecule has 3 saturated carbocycles. The first kappa shape index (κ1) is 33.1. The molecule has 2 N–H and O–H groups in total. The van der Waals surface area contributed by atoms with Crippen LogP contribution < -0.4 is 19.5 Å². The van der Waals surface area contributed by atoms with Crippen LogP contribution in [0.2, 0.25) is 0 Å². The fourth-order valence-electron chi connectivity index (χ4n) is 7.23. The number of hydrogen-bond donors (Lipinski definition) is 2. The van der Waals surface area contributed by atoms with E-state index in [9.17, 15) is 22.8 Å². The maximum atomic E-state index is 14.2. The highest BCUT2D eigenvalue weighted by Gasteiger charge is 2.62. The fraction of sp³-hybridized carbons (Fsp3) is 0.459. The summed E-state index contributed by atoms with van der Waals surface area (Å²) in [6, 6.07) is 17.2. The number of fused-ring (bicyclic) bond motifs is 3. The van der Waals surface area contributed by atoms with Gasteiger partial charge in [-0.1, -0.05) is 42.5 Å². The average Bonchev–Trinajstić information content (AvgIpc) is 4.02. The lowest BCUT2D eigenvalue weighted by molar-refractivity contribution is -0.140. The van der Waals surface area contributed by atoms with Gasteiger partial charge in [-0.3, -0.25) is 19.1 Å². The maximum Gasteiger partial charge on any atom is 0.259 e. The number of sulfonamides is 1. The minimum absolute atomic E-state index is 0.143. The molecule has 11 nitrogen and oxygen atoms in total. The molecule has 3 aliphatic carbocycles. The zero-order valence-corrected chi connectivity index (χ0v) is 28.6. The summed E-state index contributed by atoms with van der Waals surface area (Å²) in [5, 5.41) is 3.14.